The summed E-state index contributed by atoms with van der Waals surface area (Å²) >= 11 is 7.34. The first-order chi connectivity index (χ1) is 16.1. The molecule has 1 N–H and O–H groups in total. The number of carbonyl (C=O) groups is 1. The average molecular weight is 484 g/mol. The van der Waals surface area contributed by atoms with Gasteiger partial charge in [0, 0.05) is 42.5 Å². The molecule has 0 unspecified atom stereocenters. The fraction of sp³-hybridized carbons (Fsp3) is 0.292. The molecule has 0 aliphatic carbocycles. The Labute approximate surface area is 202 Å². The Morgan fingerprint density at radius 3 is 2.55 bits per heavy atom. The number of morpholine rings is 1. The van der Waals surface area contributed by atoms with Gasteiger partial charge in [-0.25, -0.2) is 0 Å². The number of anilines is 1. The number of aromatic nitrogens is 3. The lowest BCUT2D eigenvalue weighted by molar-refractivity contribution is -0.113. The second-order valence-corrected chi connectivity index (χ2v) is 9.01. The third kappa shape index (κ3) is 6.45. The summed E-state index contributed by atoms with van der Waals surface area (Å²) < 4.78 is 7.33. The number of nitrogens with one attached hydrogen (secondary N) is 1. The summed E-state index contributed by atoms with van der Waals surface area (Å²) in [4.78, 5) is 14.9. The molecule has 1 aliphatic heterocycles. The zero-order valence-electron chi connectivity index (χ0n) is 18.2. The van der Waals surface area contributed by atoms with Crippen molar-refractivity contribution in [1.82, 2.24) is 19.7 Å². The van der Waals surface area contributed by atoms with Crippen LogP contribution in [0, 0.1) is 0 Å². The van der Waals surface area contributed by atoms with Crippen molar-refractivity contribution in [2.24, 2.45) is 0 Å². The van der Waals surface area contributed by atoms with Crippen molar-refractivity contribution in [2.75, 3.05) is 37.4 Å². The van der Waals surface area contributed by atoms with E-state index in [0.717, 1.165) is 44.1 Å². The number of hydrogen-bond donors (Lipinski definition) is 1. The maximum absolute atomic E-state index is 12.5. The van der Waals surface area contributed by atoms with E-state index in [4.69, 9.17) is 16.3 Å². The quantitative estimate of drug-likeness (QED) is 0.360. The fourth-order valence-corrected chi connectivity index (χ4v) is 4.41. The minimum Gasteiger partial charge on any atom is -0.379 e. The van der Waals surface area contributed by atoms with Crippen molar-refractivity contribution in [3.05, 3.63) is 71.8 Å². The molecule has 1 saturated heterocycles. The number of allylic oxidation sites excluding steroid dienone is 1. The summed E-state index contributed by atoms with van der Waals surface area (Å²) in [5.74, 6) is 0.846. The van der Waals surface area contributed by atoms with E-state index < -0.39 is 0 Å². The van der Waals surface area contributed by atoms with Crippen LogP contribution in [-0.4, -0.2) is 57.6 Å². The van der Waals surface area contributed by atoms with Gasteiger partial charge in [-0.3, -0.25) is 14.3 Å². The Hall–Kier alpha value is -2.65. The molecule has 2 heterocycles. The monoisotopic (exact) mass is 483 g/mol. The summed E-state index contributed by atoms with van der Waals surface area (Å²) in [6, 6.07) is 15.4. The normalized spacial score (nSPS) is 14.2. The predicted octanol–water partition coefficient (Wildman–Crippen LogP) is 4.35. The van der Waals surface area contributed by atoms with Gasteiger partial charge in [0.2, 0.25) is 5.91 Å². The number of carbonyl (C=O) groups excluding carboxylic acids is 1. The van der Waals surface area contributed by atoms with Crippen LogP contribution in [0.3, 0.4) is 0 Å². The number of nitrogens with zero attached hydrogens (tertiary/aromatic N) is 4. The van der Waals surface area contributed by atoms with E-state index in [1.807, 2.05) is 41.0 Å². The van der Waals surface area contributed by atoms with E-state index in [2.05, 4.69) is 39.1 Å². The summed E-state index contributed by atoms with van der Waals surface area (Å²) in [6.45, 7) is 8.73. The highest BCUT2D eigenvalue weighted by atomic mass is 35.5. The molecule has 1 aliphatic rings. The van der Waals surface area contributed by atoms with Gasteiger partial charge in [-0.05, 0) is 42.0 Å². The fourth-order valence-electron chi connectivity index (χ4n) is 3.54. The van der Waals surface area contributed by atoms with Gasteiger partial charge >= 0.3 is 0 Å². The first kappa shape index (κ1) is 23.5. The van der Waals surface area contributed by atoms with E-state index in [9.17, 15) is 4.79 Å². The average Bonchev–Trinajstić information content (AvgIpc) is 3.23. The Balaban J connectivity index is 1.33. The van der Waals surface area contributed by atoms with Crippen LogP contribution < -0.4 is 5.32 Å². The van der Waals surface area contributed by atoms with Crippen LogP contribution >= 0.6 is 23.4 Å². The Morgan fingerprint density at radius 2 is 1.85 bits per heavy atom. The maximum Gasteiger partial charge on any atom is 0.234 e. The van der Waals surface area contributed by atoms with Gasteiger partial charge in [-0.2, -0.15) is 0 Å². The summed E-state index contributed by atoms with van der Waals surface area (Å²) in [5, 5.41) is 12.9. The molecule has 9 heteroatoms. The summed E-state index contributed by atoms with van der Waals surface area (Å²) in [5.41, 5.74) is 2.90. The molecular formula is C24H26ClN5O2S. The summed E-state index contributed by atoms with van der Waals surface area (Å²) in [7, 11) is 0. The lowest BCUT2D eigenvalue weighted by atomic mass is 10.2. The Bertz CT molecular complexity index is 1080. The van der Waals surface area contributed by atoms with Crippen LogP contribution in [0.4, 0.5) is 5.69 Å². The van der Waals surface area contributed by atoms with Crippen molar-refractivity contribution >= 4 is 35.0 Å². The lowest BCUT2D eigenvalue weighted by Gasteiger charge is -2.26. The SMILES string of the molecule is C=CCn1c(SCC(=O)Nc2ccc(CN3CCOCC3)cc2)nnc1-c1ccc(Cl)cc1. The van der Waals surface area contributed by atoms with Crippen molar-refractivity contribution in [2.45, 2.75) is 18.2 Å². The van der Waals surface area contributed by atoms with Crippen LogP contribution in [0.1, 0.15) is 5.56 Å². The van der Waals surface area contributed by atoms with Crippen molar-refractivity contribution in [3.8, 4) is 11.4 Å². The molecule has 0 saturated carbocycles. The molecule has 172 valence electrons. The minimum absolute atomic E-state index is 0.0953. The molecule has 0 radical (unpaired) electrons. The molecule has 1 aromatic heterocycles. The van der Waals surface area contributed by atoms with Crippen molar-refractivity contribution in [3.63, 3.8) is 0 Å². The molecule has 33 heavy (non-hydrogen) atoms. The second-order valence-electron chi connectivity index (χ2n) is 7.63. The Morgan fingerprint density at radius 1 is 1.12 bits per heavy atom. The highest BCUT2D eigenvalue weighted by molar-refractivity contribution is 7.99. The topological polar surface area (TPSA) is 72.3 Å². The van der Waals surface area contributed by atoms with Crippen molar-refractivity contribution in [1.29, 1.82) is 0 Å². The molecule has 3 aromatic rings. The zero-order valence-corrected chi connectivity index (χ0v) is 19.8. The number of amides is 1. The highest BCUT2D eigenvalue weighted by Crippen LogP contribution is 2.25. The van der Waals surface area contributed by atoms with E-state index in [-0.39, 0.29) is 11.7 Å². The van der Waals surface area contributed by atoms with E-state index in [1.165, 1.54) is 17.3 Å². The first-order valence-electron chi connectivity index (χ1n) is 10.7. The number of thioether (sulfide) groups is 1. The number of benzene rings is 2. The smallest absolute Gasteiger partial charge is 0.234 e. The number of ether oxygens (including phenoxy) is 1. The van der Waals surface area contributed by atoms with E-state index in [1.54, 1.807) is 6.08 Å². The minimum atomic E-state index is -0.0953. The molecule has 0 bridgehead atoms. The van der Waals surface area contributed by atoms with Gasteiger partial charge in [0.25, 0.3) is 0 Å². The maximum atomic E-state index is 12.5. The van der Waals surface area contributed by atoms with Crippen molar-refractivity contribution < 1.29 is 9.53 Å². The molecule has 0 spiro atoms. The predicted molar refractivity (Wildman–Crippen MR) is 133 cm³/mol. The van der Waals surface area contributed by atoms with Gasteiger partial charge in [0.05, 0.1) is 19.0 Å². The molecule has 2 aromatic carbocycles. The van der Waals surface area contributed by atoms with Crippen LogP contribution in [-0.2, 0) is 22.6 Å². The number of rotatable bonds is 9. The van der Waals surface area contributed by atoms with Crippen LogP contribution in [0.2, 0.25) is 5.02 Å². The third-order valence-corrected chi connectivity index (χ3v) is 6.43. The molecule has 7 nitrogen and oxygen atoms in total. The lowest BCUT2D eigenvalue weighted by Crippen LogP contribution is -2.35. The van der Waals surface area contributed by atoms with Crippen LogP contribution in [0.25, 0.3) is 11.4 Å². The first-order valence-corrected chi connectivity index (χ1v) is 12.1. The van der Waals surface area contributed by atoms with Gasteiger partial charge in [-0.1, -0.05) is 41.6 Å². The van der Waals surface area contributed by atoms with E-state index in [0.29, 0.717) is 22.5 Å². The second kappa shape index (κ2) is 11.5. The standard InChI is InChI=1S/C24H26ClN5O2S/c1-2-11-30-23(19-5-7-20(25)8-6-19)27-28-24(30)33-17-22(31)26-21-9-3-18(4-10-21)16-29-12-14-32-15-13-29/h2-10H,1,11-17H2,(H,26,31). The third-order valence-electron chi connectivity index (χ3n) is 5.21. The van der Waals surface area contributed by atoms with Gasteiger partial charge in [-0.15, -0.1) is 16.8 Å². The number of hydrogen-bond acceptors (Lipinski definition) is 6. The van der Waals surface area contributed by atoms with Gasteiger partial charge in [0.1, 0.15) is 0 Å². The molecule has 4 rings (SSSR count). The van der Waals surface area contributed by atoms with Gasteiger partial charge in [0.15, 0.2) is 11.0 Å². The van der Waals surface area contributed by atoms with Crippen LogP contribution in [0.5, 0.6) is 0 Å². The molecule has 1 fully saturated rings. The van der Waals surface area contributed by atoms with Crippen LogP contribution in [0.15, 0.2) is 66.3 Å². The van der Waals surface area contributed by atoms with E-state index >= 15 is 0 Å². The largest absolute Gasteiger partial charge is 0.379 e. The Kier molecular flexibility index (Phi) is 8.17. The van der Waals surface area contributed by atoms with Gasteiger partial charge < -0.3 is 10.1 Å². The summed E-state index contributed by atoms with van der Waals surface area (Å²) in [6.07, 6.45) is 1.78. The molecule has 1 amide bonds. The zero-order chi connectivity index (χ0) is 23.0. The highest BCUT2D eigenvalue weighted by Gasteiger charge is 2.15. The number of halogens is 1. The molecular weight excluding hydrogens is 458 g/mol. The molecule has 0 atom stereocenters.